The minimum atomic E-state index is -0.701. The highest BCUT2D eigenvalue weighted by Crippen LogP contribution is 1.88. The number of nitrogens with two attached hydrogens (primary N) is 1. The van der Waals surface area contributed by atoms with Crippen LogP contribution in [0.25, 0.3) is 0 Å². The van der Waals surface area contributed by atoms with Gasteiger partial charge in [-0.3, -0.25) is 0 Å². The number of rotatable bonds is 3. The van der Waals surface area contributed by atoms with Crippen LogP contribution in [0.5, 0.6) is 0 Å². The first-order valence-electron chi connectivity index (χ1n) is 5.14. The Labute approximate surface area is 120 Å². The lowest BCUT2D eigenvalue weighted by Crippen LogP contribution is -3.00. The topological polar surface area (TPSA) is 52.3 Å². The van der Waals surface area contributed by atoms with Crippen LogP contribution in [0.1, 0.15) is 0 Å². The second-order valence-electron chi connectivity index (χ2n) is 4.34. The van der Waals surface area contributed by atoms with Gasteiger partial charge in [-0.2, -0.15) is 0 Å². The van der Waals surface area contributed by atoms with Gasteiger partial charge < -0.3 is 38.9 Å². The molecule has 17 heavy (non-hydrogen) atoms. The third-order valence-corrected chi connectivity index (χ3v) is 1.67. The molecule has 0 saturated heterocycles. The summed E-state index contributed by atoms with van der Waals surface area (Å²) in [7, 11) is 6.05. The Morgan fingerprint density at radius 3 is 1.65 bits per heavy atom. The van der Waals surface area contributed by atoms with E-state index >= 15 is 0 Å². The molecule has 0 saturated carbocycles. The average Bonchev–Trinajstić information content (AvgIpc) is 2.18. The largest absolute Gasteiger partial charge is 1.00 e. The van der Waals surface area contributed by atoms with Crippen molar-refractivity contribution in [2.24, 2.45) is 5.73 Å². The van der Waals surface area contributed by atoms with Crippen LogP contribution >= 0.6 is 0 Å². The predicted octanol–water partition coefficient (Wildman–Crippen LogP) is -1.52. The highest BCUT2D eigenvalue weighted by molar-refractivity contribution is 5.64. The zero-order valence-electron chi connectivity index (χ0n) is 10.6. The maximum Gasteiger partial charge on any atom is 0.404 e. The van der Waals surface area contributed by atoms with E-state index in [2.05, 4.69) is 4.74 Å². The van der Waals surface area contributed by atoms with Gasteiger partial charge in [0.2, 0.25) is 0 Å². The summed E-state index contributed by atoms with van der Waals surface area (Å²) in [5.74, 6) is 0. The first-order valence-corrected chi connectivity index (χ1v) is 5.14. The summed E-state index contributed by atoms with van der Waals surface area (Å²) in [5, 5.41) is 0. The fourth-order valence-corrected chi connectivity index (χ4v) is 0.805. The van der Waals surface area contributed by atoms with Crippen LogP contribution in [-0.4, -0.2) is 44.9 Å². The molecule has 0 aromatic heterocycles. The predicted molar refractivity (Wildman–Crippen MR) is 64.9 cm³/mol. The van der Waals surface area contributed by atoms with Crippen LogP contribution in [0.3, 0.4) is 0 Å². The maximum absolute atomic E-state index is 10.1. The molecular formula is C12H21IN2O2. The van der Waals surface area contributed by atoms with Crippen LogP contribution in [0.4, 0.5) is 4.79 Å². The molecule has 0 fully saturated rings. The van der Waals surface area contributed by atoms with Gasteiger partial charge in [0.15, 0.2) is 0 Å². The van der Waals surface area contributed by atoms with Crippen LogP contribution in [0, 0.1) is 0 Å². The van der Waals surface area contributed by atoms with Crippen molar-refractivity contribution in [1.29, 1.82) is 0 Å². The molecule has 0 atom stereocenters. The van der Waals surface area contributed by atoms with E-state index in [0.717, 1.165) is 11.0 Å². The standard InChI is InChI=1S/C6H14N2O2.C6H6.HI/c1-8(2,3)4-5-10-6(7)9;1-2-4-6-5-3-1;/h4-5H2,1-3H3,(H-,7,9);1-6H;1H. The Kier molecular flexibility index (Phi) is 11.3. The lowest BCUT2D eigenvalue weighted by atomic mass is 10.4. The van der Waals surface area contributed by atoms with E-state index in [1.165, 1.54) is 0 Å². The second kappa shape index (κ2) is 10.3. The molecular weight excluding hydrogens is 331 g/mol. The Hall–Kier alpha value is -0.820. The number of likely N-dealkylation sites (N-methyl/N-ethyl adjacent to an activating group) is 1. The molecule has 4 nitrogen and oxygen atoms in total. The van der Waals surface area contributed by atoms with Gasteiger partial charge in [0.1, 0.15) is 13.2 Å². The Morgan fingerprint density at radius 1 is 1.06 bits per heavy atom. The zero-order chi connectivity index (χ0) is 12.4. The molecule has 1 rings (SSSR count). The molecule has 0 spiro atoms. The van der Waals surface area contributed by atoms with Crippen LogP contribution in [-0.2, 0) is 4.74 Å². The molecule has 1 aromatic carbocycles. The van der Waals surface area contributed by atoms with Gasteiger partial charge in [0.25, 0.3) is 0 Å². The van der Waals surface area contributed by atoms with E-state index in [1.54, 1.807) is 0 Å². The summed E-state index contributed by atoms with van der Waals surface area (Å²) in [6, 6.07) is 12.0. The van der Waals surface area contributed by atoms with Gasteiger partial charge in [0, 0.05) is 0 Å². The Morgan fingerprint density at radius 2 is 1.41 bits per heavy atom. The smallest absolute Gasteiger partial charge is 0.404 e. The summed E-state index contributed by atoms with van der Waals surface area (Å²) >= 11 is 0. The molecule has 0 unspecified atom stereocenters. The van der Waals surface area contributed by atoms with Gasteiger partial charge in [-0.15, -0.1) is 0 Å². The number of carbonyl (C=O) groups excluding carboxylic acids is 1. The summed E-state index contributed by atoms with van der Waals surface area (Å²) in [4.78, 5) is 10.1. The minimum absolute atomic E-state index is 0. The maximum atomic E-state index is 10.1. The van der Waals surface area contributed by atoms with Gasteiger partial charge in [-0.25, -0.2) is 4.79 Å². The quantitative estimate of drug-likeness (QED) is 0.531. The summed E-state index contributed by atoms with van der Waals surface area (Å²) in [6.07, 6.45) is -0.701. The number of quaternary nitrogens is 1. The zero-order valence-corrected chi connectivity index (χ0v) is 12.8. The molecule has 1 amide bonds. The second-order valence-corrected chi connectivity index (χ2v) is 4.34. The van der Waals surface area contributed by atoms with Crippen LogP contribution < -0.4 is 29.7 Å². The monoisotopic (exact) mass is 352 g/mol. The van der Waals surface area contributed by atoms with Crippen molar-refractivity contribution < 1.29 is 38.0 Å². The van der Waals surface area contributed by atoms with Crippen molar-refractivity contribution in [2.45, 2.75) is 0 Å². The molecule has 2 N–H and O–H groups in total. The van der Waals surface area contributed by atoms with Crippen molar-refractivity contribution in [3.63, 3.8) is 0 Å². The number of carbonyl (C=O) groups is 1. The van der Waals surface area contributed by atoms with Crippen molar-refractivity contribution >= 4 is 6.09 Å². The first kappa shape index (κ1) is 18.5. The number of ether oxygens (including phenoxy) is 1. The summed E-state index contributed by atoms with van der Waals surface area (Å²) in [5.41, 5.74) is 4.75. The SMILES string of the molecule is C[N+](C)(C)CCOC(N)=O.[I-].c1ccccc1. The third kappa shape index (κ3) is 17.8. The third-order valence-electron chi connectivity index (χ3n) is 1.67. The number of hydrogen-bond acceptors (Lipinski definition) is 2. The lowest BCUT2D eigenvalue weighted by Gasteiger charge is -2.22. The van der Waals surface area contributed by atoms with Crippen molar-refractivity contribution in [3.8, 4) is 0 Å². The van der Waals surface area contributed by atoms with E-state index in [0.29, 0.717) is 6.61 Å². The highest BCUT2D eigenvalue weighted by atomic mass is 127. The number of nitrogens with zero attached hydrogens (tertiary/aromatic N) is 1. The van der Waals surface area contributed by atoms with E-state index in [-0.39, 0.29) is 24.0 Å². The molecule has 0 heterocycles. The van der Waals surface area contributed by atoms with Gasteiger partial charge in [0.05, 0.1) is 21.1 Å². The van der Waals surface area contributed by atoms with Crippen LogP contribution in [0.2, 0.25) is 0 Å². The number of halogens is 1. The fourth-order valence-electron chi connectivity index (χ4n) is 0.805. The van der Waals surface area contributed by atoms with E-state index in [9.17, 15) is 4.79 Å². The highest BCUT2D eigenvalue weighted by Gasteiger charge is 2.06. The number of primary amides is 1. The fraction of sp³-hybridized carbons (Fsp3) is 0.417. The van der Waals surface area contributed by atoms with E-state index in [4.69, 9.17) is 5.73 Å². The Bertz CT molecular complexity index is 260. The molecule has 0 radical (unpaired) electrons. The van der Waals surface area contributed by atoms with Crippen molar-refractivity contribution in [3.05, 3.63) is 36.4 Å². The molecule has 0 aliphatic carbocycles. The van der Waals surface area contributed by atoms with Crippen molar-refractivity contribution in [1.82, 2.24) is 0 Å². The van der Waals surface area contributed by atoms with Crippen LogP contribution in [0.15, 0.2) is 36.4 Å². The normalized spacial score (nSPS) is 9.35. The number of amides is 1. The lowest BCUT2D eigenvalue weighted by molar-refractivity contribution is -0.870. The summed E-state index contributed by atoms with van der Waals surface area (Å²) < 4.78 is 5.31. The molecule has 1 aromatic rings. The van der Waals surface area contributed by atoms with Gasteiger partial charge in [-0.05, 0) is 0 Å². The molecule has 5 heteroatoms. The first-order chi connectivity index (χ1) is 7.42. The Balaban J connectivity index is 0. The van der Waals surface area contributed by atoms with E-state index in [1.807, 2.05) is 57.5 Å². The molecule has 0 bridgehead atoms. The molecule has 98 valence electrons. The summed E-state index contributed by atoms with van der Waals surface area (Å²) in [6.45, 7) is 1.17. The number of hydrogen-bond donors (Lipinski definition) is 1. The number of benzene rings is 1. The van der Waals surface area contributed by atoms with Crippen molar-refractivity contribution in [2.75, 3.05) is 34.3 Å². The van der Waals surface area contributed by atoms with Gasteiger partial charge >= 0.3 is 6.09 Å². The molecule has 0 aliphatic heterocycles. The molecule has 0 aliphatic rings. The average molecular weight is 352 g/mol. The van der Waals surface area contributed by atoms with Gasteiger partial charge in [-0.1, -0.05) is 36.4 Å². The van der Waals surface area contributed by atoms with E-state index < -0.39 is 6.09 Å². The minimum Gasteiger partial charge on any atom is -1.00 e.